The smallest absolute Gasteiger partial charge is 0.407 e. The van der Waals surface area contributed by atoms with Crippen LogP contribution in [0.25, 0.3) is 0 Å². The summed E-state index contributed by atoms with van der Waals surface area (Å²) in [5.41, 5.74) is 1.26. The van der Waals surface area contributed by atoms with E-state index in [1.54, 1.807) is 0 Å². The first-order chi connectivity index (χ1) is 16.1. The molecule has 3 rings (SSSR count). The van der Waals surface area contributed by atoms with Crippen LogP contribution >= 0.6 is 0 Å². The number of carbonyl (C=O) groups excluding carboxylic acids is 1. The Hall–Kier alpha value is -2.12. The maximum atomic E-state index is 11.8. The van der Waals surface area contributed by atoms with Gasteiger partial charge in [0.1, 0.15) is 11.6 Å². The molecule has 1 spiro atoms. The minimum atomic E-state index is -0.782. The molecule has 34 heavy (non-hydrogen) atoms. The number of amides is 1. The van der Waals surface area contributed by atoms with Crippen molar-refractivity contribution in [2.24, 2.45) is 5.41 Å². The molecule has 7 nitrogen and oxygen atoms in total. The summed E-state index contributed by atoms with van der Waals surface area (Å²) in [5, 5.41) is 15.9. The van der Waals surface area contributed by atoms with E-state index >= 15 is 0 Å². The molecule has 1 amide bonds. The number of ether oxygens (including phenoxy) is 1. The number of aliphatic carboxylic acids is 1. The summed E-state index contributed by atoms with van der Waals surface area (Å²) in [6.07, 6.45) is 7.29. The van der Waals surface area contributed by atoms with Crippen LogP contribution in [0.3, 0.4) is 0 Å². The van der Waals surface area contributed by atoms with Gasteiger partial charge in [0.25, 0.3) is 0 Å². The maximum absolute atomic E-state index is 11.8. The molecular weight excluding hydrogens is 430 g/mol. The molecule has 1 heterocycles. The molecule has 0 aromatic heterocycles. The van der Waals surface area contributed by atoms with Crippen LogP contribution in [0.4, 0.5) is 4.79 Å². The molecular formula is C27H43N3O4. The number of nitrogens with one attached hydrogen (secondary N) is 2. The molecule has 2 fully saturated rings. The number of unbranched alkanes of at least 4 members (excludes halogenated alkanes) is 1. The molecule has 1 aromatic carbocycles. The lowest BCUT2D eigenvalue weighted by molar-refractivity contribution is -0.140. The van der Waals surface area contributed by atoms with Crippen LogP contribution in [0.1, 0.15) is 77.7 Å². The third-order valence-corrected chi connectivity index (χ3v) is 7.14. The summed E-state index contributed by atoms with van der Waals surface area (Å²) in [7, 11) is 0. The average Bonchev–Trinajstić information content (AvgIpc) is 3.15. The van der Waals surface area contributed by atoms with Crippen molar-refractivity contribution in [3.8, 4) is 0 Å². The van der Waals surface area contributed by atoms with Crippen LogP contribution in [0, 0.1) is 5.41 Å². The predicted octanol–water partition coefficient (Wildman–Crippen LogP) is 4.56. The van der Waals surface area contributed by atoms with Crippen molar-refractivity contribution in [3.63, 3.8) is 0 Å². The second kappa shape index (κ2) is 12.0. The van der Waals surface area contributed by atoms with Gasteiger partial charge in [-0.05, 0) is 89.7 Å². The van der Waals surface area contributed by atoms with Crippen LogP contribution in [-0.4, -0.2) is 59.4 Å². The molecule has 1 aromatic rings. The summed E-state index contributed by atoms with van der Waals surface area (Å²) in [6.45, 7) is 9.31. The Labute approximate surface area is 204 Å². The van der Waals surface area contributed by atoms with E-state index in [9.17, 15) is 14.7 Å². The van der Waals surface area contributed by atoms with Crippen molar-refractivity contribution in [1.29, 1.82) is 0 Å². The summed E-state index contributed by atoms with van der Waals surface area (Å²) in [5.74, 6) is -0.782. The molecule has 0 unspecified atom stereocenters. The number of nitrogens with zero attached hydrogens (tertiary/aromatic N) is 1. The van der Waals surface area contributed by atoms with E-state index in [0.29, 0.717) is 18.4 Å². The standard InChI is InChI=1S/C27H43N3O4/c1-26(2,3)34-25(33)28-17-8-7-11-23(24(31)32)29-22-12-14-27(15-13-22)16-18-30(20-27)19-21-9-5-4-6-10-21/h4-6,9-10,22-23,29H,7-8,11-20H2,1-3H3,(H,28,33)(H,31,32)/t22-,23-,27-/m1/s1. The highest BCUT2D eigenvalue weighted by molar-refractivity contribution is 5.73. The van der Waals surface area contributed by atoms with Crippen LogP contribution in [0.2, 0.25) is 0 Å². The predicted molar refractivity (Wildman–Crippen MR) is 134 cm³/mol. The first-order valence-corrected chi connectivity index (χ1v) is 12.9. The van der Waals surface area contributed by atoms with Crippen LogP contribution < -0.4 is 10.6 Å². The van der Waals surface area contributed by atoms with Gasteiger partial charge in [0.2, 0.25) is 0 Å². The molecule has 1 aliphatic heterocycles. The Kier molecular flexibility index (Phi) is 9.37. The van der Waals surface area contributed by atoms with Gasteiger partial charge in [-0.1, -0.05) is 30.3 Å². The minimum Gasteiger partial charge on any atom is -0.480 e. The van der Waals surface area contributed by atoms with Gasteiger partial charge in [-0.3, -0.25) is 9.69 Å². The molecule has 0 bridgehead atoms. The van der Waals surface area contributed by atoms with Crippen molar-refractivity contribution in [3.05, 3.63) is 35.9 Å². The topological polar surface area (TPSA) is 90.9 Å². The maximum Gasteiger partial charge on any atom is 0.407 e. The second-order valence-electron chi connectivity index (χ2n) is 11.2. The Morgan fingerprint density at radius 2 is 1.85 bits per heavy atom. The zero-order valence-electron chi connectivity index (χ0n) is 21.1. The zero-order chi connectivity index (χ0) is 24.6. The fourth-order valence-corrected chi connectivity index (χ4v) is 5.35. The third kappa shape index (κ3) is 8.58. The second-order valence-corrected chi connectivity index (χ2v) is 11.2. The molecule has 2 aliphatic rings. The zero-order valence-corrected chi connectivity index (χ0v) is 21.1. The Morgan fingerprint density at radius 1 is 1.15 bits per heavy atom. The fourth-order valence-electron chi connectivity index (χ4n) is 5.35. The first kappa shape index (κ1) is 26.5. The monoisotopic (exact) mass is 473 g/mol. The normalized spacial score (nSPS) is 24.1. The summed E-state index contributed by atoms with van der Waals surface area (Å²) < 4.78 is 5.22. The minimum absolute atomic E-state index is 0.273. The van der Waals surface area contributed by atoms with Gasteiger partial charge in [0, 0.05) is 25.7 Å². The quantitative estimate of drug-likeness (QED) is 0.432. The number of carboxylic acids is 1. The molecule has 1 saturated heterocycles. The summed E-state index contributed by atoms with van der Waals surface area (Å²) >= 11 is 0. The molecule has 1 saturated carbocycles. The molecule has 0 radical (unpaired) electrons. The fraction of sp³-hybridized carbons (Fsp3) is 0.704. The number of likely N-dealkylation sites (tertiary alicyclic amines) is 1. The first-order valence-electron chi connectivity index (χ1n) is 12.9. The van der Waals surface area contributed by atoms with Crippen molar-refractivity contribution < 1.29 is 19.4 Å². The lowest BCUT2D eigenvalue weighted by atomic mass is 9.72. The summed E-state index contributed by atoms with van der Waals surface area (Å²) in [4.78, 5) is 26.1. The lowest BCUT2D eigenvalue weighted by Gasteiger charge is -2.38. The van der Waals surface area contributed by atoms with E-state index in [0.717, 1.165) is 45.3 Å². The van der Waals surface area contributed by atoms with Crippen LogP contribution in [0.15, 0.2) is 30.3 Å². The van der Waals surface area contributed by atoms with Gasteiger partial charge >= 0.3 is 12.1 Å². The van der Waals surface area contributed by atoms with E-state index in [4.69, 9.17) is 4.74 Å². The highest BCUT2D eigenvalue weighted by atomic mass is 16.6. The van der Waals surface area contributed by atoms with E-state index < -0.39 is 23.7 Å². The number of benzene rings is 1. The number of rotatable bonds is 10. The third-order valence-electron chi connectivity index (χ3n) is 7.14. The number of carbonyl (C=O) groups is 2. The Balaban J connectivity index is 1.35. The highest BCUT2D eigenvalue weighted by Gasteiger charge is 2.41. The average molecular weight is 474 g/mol. The van der Waals surface area contributed by atoms with E-state index in [-0.39, 0.29) is 6.04 Å². The highest BCUT2D eigenvalue weighted by Crippen LogP contribution is 2.44. The number of hydrogen-bond donors (Lipinski definition) is 3. The van der Waals surface area contributed by atoms with Gasteiger partial charge in [-0.2, -0.15) is 0 Å². The molecule has 190 valence electrons. The molecule has 7 heteroatoms. The van der Waals surface area contributed by atoms with Crippen molar-refractivity contribution >= 4 is 12.1 Å². The van der Waals surface area contributed by atoms with Gasteiger partial charge < -0.3 is 20.5 Å². The molecule has 1 aliphatic carbocycles. The van der Waals surface area contributed by atoms with Gasteiger partial charge in [-0.15, -0.1) is 0 Å². The number of alkyl carbamates (subject to hydrolysis) is 1. The number of hydrogen-bond acceptors (Lipinski definition) is 5. The molecule has 3 N–H and O–H groups in total. The van der Waals surface area contributed by atoms with Crippen molar-refractivity contribution in [2.75, 3.05) is 19.6 Å². The van der Waals surface area contributed by atoms with Crippen molar-refractivity contribution in [1.82, 2.24) is 15.5 Å². The van der Waals surface area contributed by atoms with Gasteiger partial charge in [-0.25, -0.2) is 4.79 Å². The van der Waals surface area contributed by atoms with E-state index in [2.05, 4.69) is 45.9 Å². The lowest BCUT2D eigenvalue weighted by Crippen LogP contribution is -2.46. The Bertz CT molecular complexity index is 785. The van der Waals surface area contributed by atoms with Crippen LogP contribution in [0.5, 0.6) is 0 Å². The van der Waals surface area contributed by atoms with Crippen LogP contribution in [-0.2, 0) is 16.1 Å². The number of carboxylic acid groups (broad SMARTS) is 1. The summed E-state index contributed by atoms with van der Waals surface area (Å²) in [6, 6.07) is 10.4. The largest absolute Gasteiger partial charge is 0.480 e. The van der Waals surface area contributed by atoms with Gasteiger partial charge in [0.15, 0.2) is 0 Å². The van der Waals surface area contributed by atoms with Gasteiger partial charge in [0.05, 0.1) is 0 Å². The SMILES string of the molecule is CC(C)(C)OC(=O)NCCCC[C@@H](N[C@H]1CC[C@@]2(CCN(Cc3ccccc3)C2)CC1)C(=O)O. The van der Waals surface area contributed by atoms with E-state index in [1.807, 2.05) is 20.8 Å². The Morgan fingerprint density at radius 3 is 2.50 bits per heavy atom. The molecule has 1 atom stereocenters. The van der Waals surface area contributed by atoms with Crippen molar-refractivity contribution in [2.45, 2.75) is 96.4 Å². The van der Waals surface area contributed by atoms with E-state index in [1.165, 1.54) is 24.8 Å².